The second kappa shape index (κ2) is 10.5. The van der Waals surface area contributed by atoms with Gasteiger partial charge in [0.2, 0.25) is 5.91 Å². The highest BCUT2D eigenvalue weighted by atomic mass is 16.2. The zero-order chi connectivity index (χ0) is 22.5. The van der Waals surface area contributed by atoms with E-state index in [0.29, 0.717) is 0 Å². The summed E-state index contributed by atoms with van der Waals surface area (Å²) in [5.41, 5.74) is 3.05. The number of amides is 1. The van der Waals surface area contributed by atoms with E-state index in [1.807, 2.05) is 20.9 Å². The quantitative estimate of drug-likeness (QED) is 0.395. The van der Waals surface area contributed by atoms with E-state index in [9.17, 15) is 4.79 Å². The maximum absolute atomic E-state index is 12.4. The van der Waals surface area contributed by atoms with Gasteiger partial charge < -0.3 is 9.47 Å². The van der Waals surface area contributed by atoms with Crippen LogP contribution in [0, 0.1) is 11.8 Å². The third-order valence-corrected chi connectivity index (χ3v) is 5.99. The fourth-order valence-electron chi connectivity index (χ4n) is 4.13. The van der Waals surface area contributed by atoms with Crippen molar-refractivity contribution < 1.29 is 4.79 Å². The van der Waals surface area contributed by atoms with E-state index in [1.54, 1.807) is 4.90 Å². The first kappa shape index (κ1) is 24.4. The number of rotatable bonds is 10. The van der Waals surface area contributed by atoms with Crippen LogP contribution in [0.25, 0.3) is 11.0 Å². The van der Waals surface area contributed by atoms with E-state index < -0.39 is 0 Å². The van der Waals surface area contributed by atoms with E-state index in [-0.39, 0.29) is 17.2 Å². The van der Waals surface area contributed by atoms with Gasteiger partial charge in [0.05, 0.1) is 11.0 Å². The van der Waals surface area contributed by atoms with E-state index >= 15 is 0 Å². The summed E-state index contributed by atoms with van der Waals surface area (Å²) in [7, 11) is 1.85. The molecule has 168 valence electrons. The summed E-state index contributed by atoms with van der Waals surface area (Å²) >= 11 is 0. The molecule has 0 aliphatic carbocycles. The number of anilines is 1. The van der Waals surface area contributed by atoms with Gasteiger partial charge in [-0.05, 0) is 37.0 Å². The van der Waals surface area contributed by atoms with Crippen LogP contribution < -0.4 is 4.90 Å². The van der Waals surface area contributed by atoms with Crippen LogP contribution >= 0.6 is 0 Å². The molecule has 0 saturated heterocycles. The number of carbonyl (C=O) groups is 1. The van der Waals surface area contributed by atoms with Crippen LogP contribution in [0.5, 0.6) is 0 Å². The molecule has 1 aromatic carbocycles. The number of nitrogens with zero attached hydrogens (tertiary/aromatic N) is 3. The molecule has 1 amide bonds. The van der Waals surface area contributed by atoms with E-state index in [4.69, 9.17) is 4.98 Å². The molecule has 0 radical (unpaired) electrons. The molecule has 4 heteroatoms. The maximum atomic E-state index is 12.4. The van der Waals surface area contributed by atoms with Crippen LogP contribution in [0.4, 0.5) is 5.69 Å². The molecule has 2 aromatic rings. The molecule has 2 rings (SSSR count). The lowest BCUT2D eigenvalue weighted by Gasteiger charge is -2.21. The Morgan fingerprint density at radius 3 is 2.37 bits per heavy atom. The average molecular weight is 414 g/mol. The van der Waals surface area contributed by atoms with Crippen molar-refractivity contribution in [3.05, 3.63) is 24.0 Å². The monoisotopic (exact) mass is 413 g/mol. The third-order valence-electron chi connectivity index (χ3n) is 5.99. The summed E-state index contributed by atoms with van der Waals surface area (Å²) in [5, 5.41) is 0. The topological polar surface area (TPSA) is 38.1 Å². The van der Waals surface area contributed by atoms with Gasteiger partial charge in [-0.3, -0.25) is 4.79 Å². The molecular weight excluding hydrogens is 370 g/mol. The van der Waals surface area contributed by atoms with E-state index in [1.165, 1.54) is 44.0 Å². The molecule has 1 aromatic heterocycles. The Balaban J connectivity index is 2.24. The first-order chi connectivity index (χ1) is 14.1. The number of hydrogen-bond acceptors (Lipinski definition) is 2. The Hall–Kier alpha value is -1.84. The van der Waals surface area contributed by atoms with Crippen molar-refractivity contribution in [1.82, 2.24) is 9.55 Å². The Morgan fingerprint density at radius 2 is 1.77 bits per heavy atom. The fourth-order valence-corrected chi connectivity index (χ4v) is 4.13. The SMILES string of the molecule is CCCCCC(C)CCCn1c(C(C)(C)C)nc2cc(N(C)C(=O)C(C)C)ccc21. The molecule has 4 nitrogen and oxygen atoms in total. The number of unbranched alkanes of at least 4 members (excludes halogenated alkanes) is 2. The fraction of sp³-hybridized carbons (Fsp3) is 0.692. The van der Waals surface area contributed by atoms with Gasteiger partial charge in [-0.2, -0.15) is 0 Å². The van der Waals surface area contributed by atoms with Crippen LogP contribution in [0.1, 0.15) is 92.8 Å². The summed E-state index contributed by atoms with van der Waals surface area (Å²) in [4.78, 5) is 19.2. The molecule has 0 bridgehead atoms. The van der Waals surface area contributed by atoms with Gasteiger partial charge in [-0.25, -0.2) is 4.98 Å². The minimum Gasteiger partial charge on any atom is -0.328 e. The number of carbonyl (C=O) groups excluding carboxylic acids is 1. The predicted octanol–water partition coefficient (Wildman–Crippen LogP) is 6.95. The molecule has 0 fully saturated rings. The lowest BCUT2D eigenvalue weighted by Crippen LogP contribution is -2.30. The van der Waals surface area contributed by atoms with Gasteiger partial charge >= 0.3 is 0 Å². The number of aryl methyl sites for hydroxylation is 1. The summed E-state index contributed by atoms with van der Waals surface area (Å²) in [6.07, 6.45) is 7.77. The van der Waals surface area contributed by atoms with Crippen LogP contribution in [0.2, 0.25) is 0 Å². The van der Waals surface area contributed by atoms with Crippen LogP contribution in [-0.4, -0.2) is 22.5 Å². The molecule has 0 spiro atoms. The zero-order valence-electron chi connectivity index (χ0n) is 20.6. The number of fused-ring (bicyclic) bond motifs is 1. The number of hydrogen-bond donors (Lipinski definition) is 0. The van der Waals surface area contributed by atoms with Crippen LogP contribution in [0.3, 0.4) is 0 Å². The van der Waals surface area contributed by atoms with Crippen molar-refractivity contribution in [2.75, 3.05) is 11.9 Å². The van der Waals surface area contributed by atoms with E-state index in [0.717, 1.165) is 29.5 Å². The first-order valence-corrected chi connectivity index (χ1v) is 11.8. The number of imidazole rings is 1. The summed E-state index contributed by atoms with van der Waals surface area (Å²) in [5.74, 6) is 2.02. The largest absolute Gasteiger partial charge is 0.328 e. The lowest BCUT2D eigenvalue weighted by atomic mass is 9.95. The van der Waals surface area contributed by atoms with Gasteiger partial charge in [-0.1, -0.05) is 74.1 Å². The maximum Gasteiger partial charge on any atom is 0.229 e. The van der Waals surface area contributed by atoms with Crippen molar-refractivity contribution in [2.24, 2.45) is 11.8 Å². The average Bonchev–Trinajstić information content (AvgIpc) is 3.05. The van der Waals surface area contributed by atoms with Gasteiger partial charge in [0, 0.05) is 30.6 Å². The Kier molecular flexibility index (Phi) is 8.52. The predicted molar refractivity (Wildman–Crippen MR) is 129 cm³/mol. The first-order valence-electron chi connectivity index (χ1n) is 11.8. The highest BCUT2D eigenvalue weighted by Crippen LogP contribution is 2.30. The summed E-state index contributed by atoms with van der Waals surface area (Å²) < 4.78 is 2.40. The third kappa shape index (κ3) is 6.09. The number of benzene rings is 1. The minimum absolute atomic E-state index is 0.0206. The van der Waals surface area contributed by atoms with Gasteiger partial charge in [0.15, 0.2) is 0 Å². The Labute approximate surface area is 184 Å². The standard InChI is InChI=1S/C26H43N3O/c1-9-10-11-13-20(4)14-12-17-29-23-16-15-21(28(8)24(30)19(2)3)18-22(23)27-25(29)26(5,6)7/h15-16,18-20H,9-14,17H2,1-8H3. The van der Waals surface area contributed by atoms with Crippen molar-refractivity contribution in [2.45, 2.75) is 99.0 Å². The molecule has 0 aliphatic heterocycles. The lowest BCUT2D eigenvalue weighted by molar-refractivity contribution is -0.121. The zero-order valence-corrected chi connectivity index (χ0v) is 20.6. The van der Waals surface area contributed by atoms with Crippen LogP contribution in [0.15, 0.2) is 18.2 Å². The van der Waals surface area contributed by atoms with E-state index in [2.05, 4.69) is 57.4 Å². The second-order valence-corrected chi connectivity index (χ2v) is 10.3. The van der Waals surface area contributed by atoms with Crippen molar-refractivity contribution in [3.8, 4) is 0 Å². The van der Waals surface area contributed by atoms with Crippen molar-refractivity contribution >= 4 is 22.6 Å². The highest BCUT2D eigenvalue weighted by Gasteiger charge is 2.24. The van der Waals surface area contributed by atoms with Crippen molar-refractivity contribution in [1.29, 1.82) is 0 Å². The minimum atomic E-state index is -0.0222. The number of aromatic nitrogens is 2. The molecule has 1 unspecified atom stereocenters. The second-order valence-electron chi connectivity index (χ2n) is 10.3. The highest BCUT2D eigenvalue weighted by molar-refractivity contribution is 5.96. The molecule has 30 heavy (non-hydrogen) atoms. The molecule has 0 aliphatic rings. The van der Waals surface area contributed by atoms with Gasteiger partial charge in [0.1, 0.15) is 5.82 Å². The smallest absolute Gasteiger partial charge is 0.229 e. The van der Waals surface area contributed by atoms with Gasteiger partial charge in [0.25, 0.3) is 0 Å². The molecule has 1 atom stereocenters. The molecular formula is C26H43N3O. The summed E-state index contributed by atoms with van der Waals surface area (Å²) in [6.45, 7) is 16.2. The van der Waals surface area contributed by atoms with Crippen LogP contribution in [-0.2, 0) is 16.8 Å². The Morgan fingerprint density at radius 1 is 1.10 bits per heavy atom. The Bertz CT molecular complexity index is 829. The normalized spacial score (nSPS) is 13.2. The van der Waals surface area contributed by atoms with Crippen molar-refractivity contribution in [3.63, 3.8) is 0 Å². The molecule has 0 saturated carbocycles. The molecule has 1 heterocycles. The molecule has 0 N–H and O–H groups in total. The van der Waals surface area contributed by atoms with Gasteiger partial charge in [-0.15, -0.1) is 0 Å². The summed E-state index contributed by atoms with van der Waals surface area (Å²) in [6, 6.07) is 6.26.